The van der Waals surface area contributed by atoms with Gasteiger partial charge in [0.1, 0.15) is 0 Å². The average Bonchev–Trinajstić information content (AvgIpc) is 3.05. The second-order valence-electron chi connectivity index (χ2n) is 6.17. The van der Waals surface area contributed by atoms with Gasteiger partial charge < -0.3 is 10.2 Å². The molecule has 0 aliphatic carbocycles. The molecule has 0 aliphatic heterocycles. The molecule has 142 valence electrons. The Morgan fingerprint density at radius 1 is 1.19 bits per heavy atom. The number of hydrogen-bond donors (Lipinski definition) is 1. The first-order valence-electron chi connectivity index (χ1n) is 8.24. The highest BCUT2D eigenvalue weighted by molar-refractivity contribution is 5.74. The van der Waals surface area contributed by atoms with Gasteiger partial charge in [0.15, 0.2) is 11.5 Å². The lowest BCUT2D eigenvalue weighted by molar-refractivity contribution is -0.138. The van der Waals surface area contributed by atoms with Gasteiger partial charge in [-0.05, 0) is 30.7 Å². The molecule has 3 aromatic rings. The molecule has 1 unspecified atom stereocenters. The van der Waals surface area contributed by atoms with Gasteiger partial charge >= 0.3 is 12.2 Å². The molecule has 0 saturated carbocycles. The van der Waals surface area contributed by atoms with E-state index in [2.05, 4.69) is 15.5 Å². The van der Waals surface area contributed by atoms with Crippen molar-refractivity contribution in [2.24, 2.45) is 0 Å². The zero-order chi connectivity index (χ0) is 19.6. The van der Waals surface area contributed by atoms with Crippen molar-refractivity contribution in [2.45, 2.75) is 25.7 Å². The topological polar surface area (TPSA) is 62.5 Å². The van der Waals surface area contributed by atoms with Crippen molar-refractivity contribution < 1.29 is 18.0 Å². The van der Waals surface area contributed by atoms with E-state index >= 15 is 0 Å². The van der Waals surface area contributed by atoms with Crippen LogP contribution < -0.4 is 5.32 Å². The van der Waals surface area contributed by atoms with E-state index in [0.717, 1.165) is 6.07 Å². The number of nitrogens with one attached hydrogen (secondary N) is 1. The van der Waals surface area contributed by atoms with E-state index in [1.807, 2.05) is 12.1 Å². The summed E-state index contributed by atoms with van der Waals surface area (Å²) in [5.74, 6) is 0.531. The van der Waals surface area contributed by atoms with Gasteiger partial charge in [-0.3, -0.25) is 4.40 Å². The molecule has 27 heavy (non-hydrogen) atoms. The van der Waals surface area contributed by atoms with Crippen molar-refractivity contribution in [2.75, 3.05) is 7.05 Å². The Balaban J connectivity index is 1.71. The molecule has 1 aromatic carbocycles. The highest BCUT2D eigenvalue weighted by Crippen LogP contribution is 2.32. The molecule has 2 amide bonds. The monoisotopic (exact) mass is 377 g/mol. The third-order valence-electron chi connectivity index (χ3n) is 4.14. The summed E-state index contributed by atoms with van der Waals surface area (Å²) in [4.78, 5) is 13.6. The molecule has 9 heteroatoms. The van der Waals surface area contributed by atoms with E-state index < -0.39 is 23.8 Å². The van der Waals surface area contributed by atoms with Crippen LogP contribution in [0, 0.1) is 0 Å². The van der Waals surface area contributed by atoms with E-state index in [-0.39, 0.29) is 12.1 Å². The highest BCUT2D eigenvalue weighted by Gasteiger charge is 2.33. The number of carbonyl (C=O) groups is 1. The summed E-state index contributed by atoms with van der Waals surface area (Å²) in [6, 6.07) is 9.64. The normalized spacial score (nSPS) is 12.8. The van der Waals surface area contributed by atoms with Crippen LogP contribution in [0.4, 0.5) is 18.0 Å². The molecule has 1 atom stereocenters. The predicted molar refractivity (Wildman–Crippen MR) is 92.8 cm³/mol. The lowest BCUT2D eigenvalue weighted by Gasteiger charge is -2.22. The van der Waals surface area contributed by atoms with Gasteiger partial charge in [0.05, 0.1) is 11.6 Å². The Morgan fingerprint density at radius 3 is 2.63 bits per heavy atom. The van der Waals surface area contributed by atoms with E-state index in [4.69, 9.17) is 0 Å². The summed E-state index contributed by atoms with van der Waals surface area (Å²) in [6.45, 7) is 1.56. The number of fused-ring (bicyclic) bond motifs is 1. The molecular weight excluding hydrogens is 359 g/mol. The summed E-state index contributed by atoms with van der Waals surface area (Å²) in [7, 11) is 1.44. The number of rotatable bonds is 4. The van der Waals surface area contributed by atoms with Crippen LogP contribution in [0.1, 0.15) is 29.9 Å². The number of carbonyl (C=O) groups excluding carboxylic acids is 1. The van der Waals surface area contributed by atoms with E-state index in [9.17, 15) is 18.0 Å². The third-order valence-corrected chi connectivity index (χ3v) is 4.14. The minimum absolute atomic E-state index is 0.0308. The fraction of sp³-hybridized carbons (Fsp3) is 0.278. The molecule has 3 rings (SSSR count). The van der Waals surface area contributed by atoms with E-state index in [0.29, 0.717) is 11.5 Å². The first kappa shape index (κ1) is 18.7. The molecule has 1 N–H and O–H groups in total. The molecule has 0 bridgehead atoms. The van der Waals surface area contributed by atoms with Gasteiger partial charge in [0, 0.05) is 19.8 Å². The minimum Gasteiger partial charge on any atom is -0.328 e. The molecule has 0 spiro atoms. The largest absolute Gasteiger partial charge is 0.416 e. The summed E-state index contributed by atoms with van der Waals surface area (Å²) in [5.41, 5.74) is -0.0783. The average molecular weight is 377 g/mol. The highest BCUT2D eigenvalue weighted by atomic mass is 19.4. The van der Waals surface area contributed by atoms with Crippen molar-refractivity contribution >= 4 is 11.7 Å². The quantitative estimate of drug-likeness (QED) is 0.755. The van der Waals surface area contributed by atoms with Gasteiger partial charge in [-0.15, -0.1) is 10.2 Å². The number of alkyl halides is 3. The Kier molecular flexibility index (Phi) is 5.02. The number of nitrogens with zero attached hydrogens (tertiary/aromatic N) is 4. The van der Waals surface area contributed by atoms with Crippen molar-refractivity contribution in [3.05, 3.63) is 65.6 Å². The standard InChI is InChI=1S/C18H18F3N5O/c1-12(16-24-23-15-9-5-6-10-26(15)16)22-17(27)25(2)11-13-7-3-4-8-14(13)18(19,20)21/h3-10,12H,11H2,1-2H3,(H,22,27). The summed E-state index contributed by atoms with van der Waals surface area (Å²) < 4.78 is 41.1. The second kappa shape index (κ2) is 7.26. The Bertz CT molecular complexity index is 953. The van der Waals surface area contributed by atoms with Crippen LogP contribution >= 0.6 is 0 Å². The molecule has 0 aliphatic rings. The van der Waals surface area contributed by atoms with Gasteiger partial charge in [0.2, 0.25) is 0 Å². The molecule has 0 radical (unpaired) electrons. The maximum Gasteiger partial charge on any atom is 0.416 e. The Morgan fingerprint density at radius 2 is 1.89 bits per heavy atom. The molecule has 2 heterocycles. The Hall–Kier alpha value is -3.10. The van der Waals surface area contributed by atoms with Gasteiger partial charge in [-0.1, -0.05) is 24.3 Å². The fourth-order valence-corrected chi connectivity index (χ4v) is 2.78. The molecule has 2 aromatic heterocycles. The number of urea groups is 1. The molecule has 6 nitrogen and oxygen atoms in total. The van der Waals surface area contributed by atoms with Crippen LogP contribution in [0.5, 0.6) is 0 Å². The predicted octanol–water partition coefficient (Wildman–Crippen LogP) is 3.65. The SMILES string of the molecule is CC(NC(=O)N(C)Cc1ccccc1C(F)(F)F)c1nnc2ccccn12. The maximum absolute atomic E-state index is 13.1. The van der Waals surface area contributed by atoms with Crippen molar-refractivity contribution in [1.29, 1.82) is 0 Å². The fourth-order valence-electron chi connectivity index (χ4n) is 2.78. The lowest BCUT2D eigenvalue weighted by atomic mass is 10.1. The second-order valence-corrected chi connectivity index (χ2v) is 6.17. The molecule has 0 fully saturated rings. The smallest absolute Gasteiger partial charge is 0.328 e. The number of benzene rings is 1. The van der Waals surface area contributed by atoms with Crippen LogP contribution in [-0.2, 0) is 12.7 Å². The number of halogens is 3. The van der Waals surface area contributed by atoms with Crippen LogP contribution in [0.3, 0.4) is 0 Å². The van der Waals surface area contributed by atoms with Crippen molar-refractivity contribution in [1.82, 2.24) is 24.8 Å². The molecule has 0 saturated heterocycles. The van der Waals surface area contributed by atoms with Crippen molar-refractivity contribution in [3.8, 4) is 0 Å². The summed E-state index contributed by atoms with van der Waals surface area (Å²) in [6.07, 6.45) is -2.70. The number of amides is 2. The lowest BCUT2D eigenvalue weighted by Crippen LogP contribution is -2.39. The van der Waals surface area contributed by atoms with Crippen LogP contribution in [-0.4, -0.2) is 32.6 Å². The number of hydrogen-bond acceptors (Lipinski definition) is 3. The van der Waals surface area contributed by atoms with Gasteiger partial charge in [-0.25, -0.2) is 4.79 Å². The maximum atomic E-state index is 13.1. The first-order chi connectivity index (χ1) is 12.8. The number of pyridine rings is 1. The number of aromatic nitrogens is 3. The van der Waals surface area contributed by atoms with Crippen LogP contribution in [0.25, 0.3) is 5.65 Å². The van der Waals surface area contributed by atoms with E-state index in [1.54, 1.807) is 23.6 Å². The first-order valence-corrected chi connectivity index (χ1v) is 8.24. The third kappa shape index (κ3) is 4.02. The summed E-state index contributed by atoms with van der Waals surface area (Å²) in [5, 5.41) is 10.8. The molecular formula is C18H18F3N5O. The van der Waals surface area contributed by atoms with Crippen LogP contribution in [0.2, 0.25) is 0 Å². The van der Waals surface area contributed by atoms with E-state index in [1.165, 1.54) is 30.1 Å². The zero-order valence-corrected chi connectivity index (χ0v) is 14.7. The van der Waals surface area contributed by atoms with Gasteiger partial charge in [-0.2, -0.15) is 13.2 Å². The van der Waals surface area contributed by atoms with Gasteiger partial charge in [0.25, 0.3) is 0 Å². The van der Waals surface area contributed by atoms with Crippen molar-refractivity contribution in [3.63, 3.8) is 0 Å². The Labute approximate surface area is 153 Å². The summed E-state index contributed by atoms with van der Waals surface area (Å²) >= 11 is 0. The minimum atomic E-state index is -4.47. The van der Waals surface area contributed by atoms with Crippen LogP contribution in [0.15, 0.2) is 48.7 Å². The zero-order valence-electron chi connectivity index (χ0n) is 14.7.